The van der Waals surface area contributed by atoms with Crippen molar-refractivity contribution in [3.8, 4) is 11.4 Å². The lowest BCUT2D eigenvalue weighted by Crippen LogP contribution is -2.44. The number of benzene rings is 1. The molecule has 5 rings (SSSR count). The highest BCUT2D eigenvalue weighted by molar-refractivity contribution is 6.33. The molecule has 1 aliphatic carbocycles. The first-order chi connectivity index (χ1) is 14.8. The number of nitrogens with zero attached hydrogens (tertiary/aromatic N) is 6. The highest BCUT2D eigenvalue weighted by Crippen LogP contribution is 2.42. The molecule has 2 aliphatic rings. The van der Waals surface area contributed by atoms with E-state index in [0.29, 0.717) is 5.95 Å². The van der Waals surface area contributed by atoms with E-state index in [9.17, 15) is 0 Å². The fraction of sp³-hybridized carbons (Fsp3) is 0.435. The van der Waals surface area contributed by atoms with Crippen molar-refractivity contribution in [1.29, 1.82) is 0 Å². The number of rotatable bonds is 3. The Morgan fingerprint density at radius 1 is 1.06 bits per heavy atom. The zero-order chi connectivity index (χ0) is 21.8. The second kappa shape index (κ2) is 7.50. The van der Waals surface area contributed by atoms with Crippen LogP contribution < -0.4 is 10.2 Å². The van der Waals surface area contributed by atoms with E-state index in [4.69, 9.17) is 16.6 Å². The molecule has 0 amide bonds. The molecule has 8 heteroatoms. The van der Waals surface area contributed by atoms with Crippen molar-refractivity contribution in [1.82, 2.24) is 24.6 Å². The van der Waals surface area contributed by atoms with Crippen LogP contribution in [0.1, 0.15) is 25.0 Å². The van der Waals surface area contributed by atoms with Crippen LogP contribution in [0.2, 0.25) is 5.02 Å². The molecule has 0 saturated carbocycles. The number of halogens is 1. The number of anilines is 3. The third kappa shape index (κ3) is 3.66. The van der Waals surface area contributed by atoms with E-state index in [0.717, 1.165) is 65.9 Å². The highest BCUT2D eigenvalue weighted by Gasteiger charge is 2.35. The van der Waals surface area contributed by atoms with Crippen molar-refractivity contribution in [2.45, 2.75) is 25.7 Å². The smallest absolute Gasteiger partial charge is 0.227 e. The lowest BCUT2D eigenvalue weighted by Gasteiger charge is -2.34. The van der Waals surface area contributed by atoms with E-state index in [1.165, 1.54) is 5.56 Å². The molecule has 0 bridgehead atoms. The molecular formula is C23H28ClN7. The lowest BCUT2D eigenvalue weighted by molar-refractivity contribution is 0.313. The van der Waals surface area contributed by atoms with Crippen LogP contribution in [0.3, 0.4) is 0 Å². The number of aryl methyl sites for hydroxylation is 1. The average Bonchev–Trinajstić information content (AvgIpc) is 3.13. The van der Waals surface area contributed by atoms with Gasteiger partial charge in [-0.05, 0) is 42.6 Å². The minimum absolute atomic E-state index is 0.0154. The number of fused-ring (bicyclic) bond motifs is 3. The van der Waals surface area contributed by atoms with Gasteiger partial charge in [0.2, 0.25) is 5.95 Å². The Morgan fingerprint density at radius 2 is 1.84 bits per heavy atom. The maximum Gasteiger partial charge on any atom is 0.227 e. The van der Waals surface area contributed by atoms with Gasteiger partial charge in [-0.1, -0.05) is 25.4 Å². The van der Waals surface area contributed by atoms with Gasteiger partial charge in [-0.2, -0.15) is 5.10 Å². The van der Waals surface area contributed by atoms with Crippen LogP contribution >= 0.6 is 11.6 Å². The topological polar surface area (TPSA) is 62.1 Å². The summed E-state index contributed by atoms with van der Waals surface area (Å²) in [5.74, 6) is 0.564. The summed E-state index contributed by atoms with van der Waals surface area (Å²) in [6.45, 7) is 8.55. The van der Waals surface area contributed by atoms with Crippen LogP contribution in [0, 0.1) is 0 Å². The molecule has 3 aromatic rings. The zero-order valence-corrected chi connectivity index (χ0v) is 19.2. The predicted octanol–water partition coefficient (Wildman–Crippen LogP) is 3.86. The van der Waals surface area contributed by atoms with Crippen LogP contribution in [0.15, 0.2) is 30.6 Å². The normalized spacial score (nSPS) is 17.9. The fourth-order valence-electron chi connectivity index (χ4n) is 4.60. The van der Waals surface area contributed by atoms with Gasteiger partial charge in [0, 0.05) is 50.7 Å². The summed E-state index contributed by atoms with van der Waals surface area (Å²) in [4.78, 5) is 14.1. The standard InChI is InChI=1S/C23H28ClN7/c1-23(2)12-15-13-25-22(28-20(15)21-17(23)14-26-30(21)4)27-16-5-6-19(18(24)11-16)31-9-7-29(3)8-10-31/h5-6,11,13-14H,7-10,12H2,1-4H3,(H,25,27,28). The third-order valence-electron chi connectivity index (χ3n) is 6.44. The van der Waals surface area contributed by atoms with Crippen LogP contribution in [0.25, 0.3) is 11.4 Å². The zero-order valence-electron chi connectivity index (χ0n) is 18.5. The van der Waals surface area contributed by atoms with Gasteiger partial charge in [0.25, 0.3) is 0 Å². The van der Waals surface area contributed by atoms with Crippen molar-refractivity contribution in [2.24, 2.45) is 7.05 Å². The Bertz CT molecular complexity index is 1130. The van der Waals surface area contributed by atoms with Gasteiger partial charge in [-0.15, -0.1) is 0 Å². The molecule has 31 heavy (non-hydrogen) atoms. The van der Waals surface area contributed by atoms with Crippen LogP contribution in [0.4, 0.5) is 17.3 Å². The minimum atomic E-state index is 0.0154. The minimum Gasteiger partial charge on any atom is -0.368 e. The quantitative estimate of drug-likeness (QED) is 0.671. The Labute approximate surface area is 188 Å². The molecule has 1 aromatic carbocycles. The number of nitrogens with one attached hydrogen (secondary N) is 1. The molecular weight excluding hydrogens is 410 g/mol. The van der Waals surface area contributed by atoms with Crippen molar-refractivity contribution in [3.63, 3.8) is 0 Å². The maximum atomic E-state index is 6.64. The molecule has 1 N–H and O–H groups in total. The second-order valence-electron chi connectivity index (χ2n) is 9.24. The van der Waals surface area contributed by atoms with Crippen molar-refractivity contribution < 1.29 is 0 Å². The molecule has 1 aliphatic heterocycles. The molecule has 162 valence electrons. The van der Waals surface area contributed by atoms with Gasteiger partial charge in [-0.25, -0.2) is 9.97 Å². The first-order valence-corrected chi connectivity index (χ1v) is 11.1. The molecule has 1 saturated heterocycles. The largest absolute Gasteiger partial charge is 0.368 e. The molecule has 1 fully saturated rings. The Hall–Kier alpha value is -2.64. The van der Waals surface area contributed by atoms with Gasteiger partial charge in [0.15, 0.2) is 0 Å². The Balaban J connectivity index is 1.41. The van der Waals surface area contributed by atoms with E-state index in [1.807, 2.05) is 36.3 Å². The van der Waals surface area contributed by atoms with Gasteiger partial charge in [-0.3, -0.25) is 4.68 Å². The number of hydrogen-bond acceptors (Lipinski definition) is 6. The molecule has 0 radical (unpaired) electrons. The number of piperazine rings is 1. The van der Waals surface area contributed by atoms with Gasteiger partial charge in [0.05, 0.1) is 28.3 Å². The number of hydrogen-bond donors (Lipinski definition) is 1. The molecule has 7 nitrogen and oxygen atoms in total. The van der Waals surface area contributed by atoms with Gasteiger partial charge in [0.1, 0.15) is 0 Å². The molecule has 2 aromatic heterocycles. The van der Waals surface area contributed by atoms with Gasteiger partial charge < -0.3 is 15.1 Å². The van der Waals surface area contributed by atoms with Crippen molar-refractivity contribution >= 4 is 28.9 Å². The summed E-state index contributed by atoms with van der Waals surface area (Å²) in [7, 11) is 4.12. The van der Waals surface area contributed by atoms with E-state index in [-0.39, 0.29) is 5.41 Å². The summed E-state index contributed by atoms with van der Waals surface area (Å²) in [5, 5.41) is 8.56. The van der Waals surface area contributed by atoms with E-state index in [2.05, 4.69) is 52.2 Å². The SMILES string of the molecule is CN1CCN(c2ccc(Nc3ncc4c(n3)-c3c(cnn3C)C(C)(C)C4)cc2Cl)CC1. The molecule has 0 atom stereocenters. The summed E-state index contributed by atoms with van der Waals surface area (Å²) in [5.41, 5.74) is 6.37. The van der Waals surface area contributed by atoms with Crippen molar-refractivity contribution in [3.05, 3.63) is 46.7 Å². The highest BCUT2D eigenvalue weighted by atomic mass is 35.5. The molecule has 0 unspecified atom stereocenters. The van der Waals surface area contributed by atoms with E-state index in [1.54, 1.807) is 0 Å². The van der Waals surface area contributed by atoms with Crippen LogP contribution in [-0.2, 0) is 18.9 Å². The lowest BCUT2D eigenvalue weighted by atomic mass is 9.74. The maximum absolute atomic E-state index is 6.64. The summed E-state index contributed by atoms with van der Waals surface area (Å²) < 4.78 is 1.91. The first kappa shape index (κ1) is 20.3. The van der Waals surface area contributed by atoms with Gasteiger partial charge >= 0.3 is 0 Å². The summed E-state index contributed by atoms with van der Waals surface area (Å²) in [6.07, 6.45) is 4.79. The Morgan fingerprint density at radius 3 is 2.58 bits per heavy atom. The third-order valence-corrected chi connectivity index (χ3v) is 6.74. The van der Waals surface area contributed by atoms with Crippen LogP contribution in [0.5, 0.6) is 0 Å². The number of aromatic nitrogens is 4. The Kier molecular flexibility index (Phi) is 4.90. The summed E-state index contributed by atoms with van der Waals surface area (Å²) >= 11 is 6.64. The predicted molar refractivity (Wildman–Crippen MR) is 125 cm³/mol. The van der Waals surface area contributed by atoms with Crippen LogP contribution in [-0.4, -0.2) is 57.9 Å². The number of likely N-dealkylation sites (N-methyl/N-ethyl adjacent to an activating group) is 1. The molecule has 3 heterocycles. The summed E-state index contributed by atoms with van der Waals surface area (Å²) in [6, 6.07) is 6.08. The van der Waals surface area contributed by atoms with E-state index < -0.39 is 0 Å². The fourth-order valence-corrected chi connectivity index (χ4v) is 4.90. The monoisotopic (exact) mass is 437 g/mol. The van der Waals surface area contributed by atoms with E-state index >= 15 is 0 Å². The van der Waals surface area contributed by atoms with Crippen molar-refractivity contribution in [2.75, 3.05) is 43.4 Å². The second-order valence-corrected chi connectivity index (χ2v) is 9.65. The first-order valence-electron chi connectivity index (χ1n) is 10.7. The molecule has 0 spiro atoms. The average molecular weight is 438 g/mol.